The van der Waals surface area contributed by atoms with Gasteiger partial charge in [-0.05, 0) is 0 Å². The zero-order valence-corrected chi connectivity index (χ0v) is 6.80. The molecule has 0 aromatic carbocycles. The third-order valence-electron chi connectivity index (χ3n) is 1.24. The first-order chi connectivity index (χ1) is 6.29. The zero-order valence-electron chi connectivity index (χ0n) is 6.80. The molecule has 2 N–H and O–H groups in total. The van der Waals surface area contributed by atoms with Crippen LogP contribution in [0.4, 0.5) is 0 Å². The van der Waals surface area contributed by atoms with Crippen molar-refractivity contribution in [2.45, 2.75) is 6.42 Å². The molecule has 1 heterocycles. The minimum atomic E-state index is -0.980. The normalized spacial score (nSPS) is 10.5. The van der Waals surface area contributed by atoms with Crippen LogP contribution in [0.5, 0.6) is 0 Å². The van der Waals surface area contributed by atoms with Crippen molar-refractivity contribution in [2.24, 2.45) is 0 Å². The second kappa shape index (κ2) is 4.91. The molecule has 6 nitrogen and oxygen atoms in total. The van der Waals surface area contributed by atoms with E-state index in [0.717, 1.165) is 6.08 Å². The molecule has 1 rings (SSSR count). The number of hydrogen-bond donors (Lipinski definition) is 2. The molecule has 0 unspecified atom stereocenters. The van der Waals surface area contributed by atoms with E-state index in [1.165, 1.54) is 12.6 Å². The fourth-order valence-corrected chi connectivity index (χ4v) is 0.700. The number of carboxylic acid groups (broad SMARTS) is 1. The number of aromatic nitrogens is 2. The standard InChI is InChI=1S/C7H9N3O3/c11-7(12)2-4-8-3-1-6-9-5-13-10-6/h2,4-5,8H,1,3H2,(H,11,12)/b4-2+. The van der Waals surface area contributed by atoms with E-state index in [0.29, 0.717) is 18.8 Å². The summed E-state index contributed by atoms with van der Waals surface area (Å²) in [4.78, 5) is 13.8. The predicted octanol–water partition coefficient (Wildman–Crippen LogP) is -0.200. The third kappa shape index (κ3) is 3.90. The summed E-state index contributed by atoms with van der Waals surface area (Å²) in [6, 6.07) is 0. The molecule has 0 aliphatic carbocycles. The fraction of sp³-hybridized carbons (Fsp3) is 0.286. The Kier molecular flexibility index (Phi) is 3.49. The maximum Gasteiger partial charge on any atom is 0.329 e. The van der Waals surface area contributed by atoms with E-state index < -0.39 is 5.97 Å². The summed E-state index contributed by atoms with van der Waals surface area (Å²) in [6.07, 6.45) is 4.24. The molecular formula is C7H9N3O3. The van der Waals surface area contributed by atoms with Crippen molar-refractivity contribution < 1.29 is 14.4 Å². The van der Waals surface area contributed by atoms with Crippen LogP contribution in [0.2, 0.25) is 0 Å². The Labute approximate surface area is 74.3 Å². The highest BCUT2D eigenvalue weighted by atomic mass is 16.5. The van der Waals surface area contributed by atoms with Crippen molar-refractivity contribution in [3.63, 3.8) is 0 Å². The van der Waals surface area contributed by atoms with Crippen LogP contribution >= 0.6 is 0 Å². The van der Waals surface area contributed by atoms with E-state index in [-0.39, 0.29) is 0 Å². The topological polar surface area (TPSA) is 88.2 Å². The molecule has 1 aromatic heterocycles. The molecule has 0 amide bonds. The van der Waals surface area contributed by atoms with Gasteiger partial charge >= 0.3 is 5.97 Å². The Bertz CT molecular complexity index is 281. The quantitative estimate of drug-likeness (QED) is 0.485. The van der Waals surface area contributed by atoms with E-state index >= 15 is 0 Å². The largest absolute Gasteiger partial charge is 0.478 e. The summed E-state index contributed by atoms with van der Waals surface area (Å²) in [7, 11) is 0. The summed E-state index contributed by atoms with van der Waals surface area (Å²) in [6.45, 7) is 0.573. The summed E-state index contributed by atoms with van der Waals surface area (Å²) >= 11 is 0. The van der Waals surface area contributed by atoms with Crippen LogP contribution in [0.3, 0.4) is 0 Å². The number of nitrogens with zero attached hydrogens (tertiary/aromatic N) is 2. The van der Waals surface area contributed by atoms with Crippen LogP contribution in [-0.2, 0) is 11.2 Å². The number of hydrogen-bond acceptors (Lipinski definition) is 5. The lowest BCUT2D eigenvalue weighted by atomic mass is 10.4. The molecule has 0 atom stereocenters. The Balaban J connectivity index is 2.12. The van der Waals surface area contributed by atoms with E-state index in [2.05, 4.69) is 20.0 Å². The lowest BCUT2D eigenvalue weighted by molar-refractivity contribution is -0.131. The van der Waals surface area contributed by atoms with Gasteiger partial charge in [0, 0.05) is 25.2 Å². The number of rotatable bonds is 5. The van der Waals surface area contributed by atoms with Gasteiger partial charge in [0.1, 0.15) is 0 Å². The van der Waals surface area contributed by atoms with Crippen molar-refractivity contribution in [3.05, 3.63) is 24.5 Å². The maximum atomic E-state index is 10.0. The molecule has 0 saturated carbocycles. The first kappa shape index (κ1) is 9.24. The van der Waals surface area contributed by atoms with Crippen molar-refractivity contribution in [1.29, 1.82) is 0 Å². The van der Waals surface area contributed by atoms with Gasteiger partial charge in [-0.25, -0.2) is 4.79 Å². The molecule has 0 aliphatic rings. The van der Waals surface area contributed by atoms with Gasteiger partial charge in [0.2, 0.25) is 6.39 Å². The first-order valence-corrected chi connectivity index (χ1v) is 3.67. The number of carbonyl (C=O) groups is 1. The average Bonchev–Trinajstić information content (AvgIpc) is 2.55. The monoisotopic (exact) mass is 183 g/mol. The second-order valence-corrected chi connectivity index (χ2v) is 2.22. The summed E-state index contributed by atoms with van der Waals surface area (Å²) in [5, 5.41) is 14.6. The average molecular weight is 183 g/mol. The minimum Gasteiger partial charge on any atom is -0.478 e. The molecule has 0 saturated heterocycles. The van der Waals surface area contributed by atoms with Crippen molar-refractivity contribution in [3.8, 4) is 0 Å². The van der Waals surface area contributed by atoms with Crippen LogP contribution in [0.1, 0.15) is 5.82 Å². The molecule has 0 bridgehead atoms. The highest BCUT2D eigenvalue weighted by Crippen LogP contribution is 1.87. The van der Waals surface area contributed by atoms with Crippen LogP contribution in [0, 0.1) is 0 Å². The Hall–Kier alpha value is -1.85. The van der Waals surface area contributed by atoms with E-state index in [4.69, 9.17) is 5.11 Å². The van der Waals surface area contributed by atoms with Gasteiger partial charge in [0.25, 0.3) is 0 Å². The zero-order chi connectivity index (χ0) is 9.52. The number of carboxylic acids is 1. The summed E-state index contributed by atoms with van der Waals surface area (Å²) in [5.41, 5.74) is 0. The molecule has 0 radical (unpaired) electrons. The minimum absolute atomic E-state index is 0.573. The highest BCUT2D eigenvalue weighted by molar-refractivity contribution is 5.79. The van der Waals surface area contributed by atoms with Gasteiger partial charge < -0.3 is 14.9 Å². The first-order valence-electron chi connectivity index (χ1n) is 3.67. The van der Waals surface area contributed by atoms with Crippen LogP contribution in [0.15, 0.2) is 23.2 Å². The van der Waals surface area contributed by atoms with Crippen LogP contribution in [0.25, 0.3) is 0 Å². The van der Waals surface area contributed by atoms with E-state index in [1.54, 1.807) is 0 Å². The van der Waals surface area contributed by atoms with Gasteiger partial charge in [0.05, 0.1) is 0 Å². The number of nitrogens with one attached hydrogen (secondary N) is 1. The lowest BCUT2D eigenvalue weighted by Gasteiger charge is -1.94. The van der Waals surface area contributed by atoms with E-state index in [9.17, 15) is 4.79 Å². The maximum absolute atomic E-state index is 10.0. The molecule has 0 aliphatic heterocycles. The summed E-state index contributed by atoms with van der Waals surface area (Å²) in [5.74, 6) is -0.386. The van der Waals surface area contributed by atoms with Crippen molar-refractivity contribution >= 4 is 5.97 Å². The Morgan fingerprint density at radius 1 is 1.77 bits per heavy atom. The lowest BCUT2D eigenvalue weighted by Crippen LogP contribution is -2.11. The second-order valence-electron chi connectivity index (χ2n) is 2.22. The van der Waals surface area contributed by atoms with Gasteiger partial charge in [0.15, 0.2) is 5.82 Å². The van der Waals surface area contributed by atoms with Gasteiger partial charge in [-0.15, -0.1) is 0 Å². The van der Waals surface area contributed by atoms with Crippen molar-refractivity contribution in [1.82, 2.24) is 15.5 Å². The molecule has 0 fully saturated rings. The Morgan fingerprint density at radius 2 is 2.62 bits per heavy atom. The highest BCUT2D eigenvalue weighted by Gasteiger charge is 1.95. The SMILES string of the molecule is O=C(O)/C=C/NCCc1ncon1. The predicted molar refractivity (Wildman–Crippen MR) is 42.8 cm³/mol. The number of aliphatic carboxylic acids is 1. The van der Waals surface area contributed by atoms with Crippen LogP contribution < -0.4 is 5.32 Å². The van der Waals surface area contributed by atoms with Gasteiger partial charge in [-0.3, -0.25) is 0 Å². The van der Waals surface area contributed by atoms with Gasteiger partial charge in [-0.2, -0.15) is 4.98 Å². The molecular weight excluding hydrogens is 174 g/mol. The van der Waals surface area contributed by atoms with Gasteiger partial charge in [-0.1, -0.05) is 5.16 Å². The summed E-state index contributed by atoms with van der Waals surface area (Å²) < 4.78 is 4.51. The van der Waals surface area contributed by atoms with Crippen molar-refractivity contribution in [2.75, 3.05) is 6.54 Å². The molecule has 70 valence electrons. The molecule has 13 heavy (non-hydrogen) atoms. The van der Waals surface area contributed by atoms with E-state index in [1.807, 2.05) is 0 Å². The molecule has 1 aromatic rings. The third-order valence-corrected chi connectivity index (χ3v) is 1.24. The molecule has 0 spiro atoms. The fourth-order valence-electron chi connectivity index (χ4n) is 0.700. The van der Waals surface area contributed by atoms with Crippen LogP contribution in [-0.4, -0.2) is 27.8 Å². The Morgan fingerprint density at radius 3 is 3.23 bits per heavy atom. The smallest absolute Gasteiger partial charge is 0.329 e. The molecule has 6 heteroatoms.